The zero-order valence-corrected chi connectivity index (χ0v) is 21.1. The molecule has 1 aliphatic rings. The third-order valence-corrected chi connectivity index (χ3v) is 8.48. The third kappa shape index (κ3) is 5.03. The van der Waals surface area contributed by atoms with Gasteiger partial charge in [-0.15, -0.1) is 11.3 Å². The molecule has 0 aliphatic heterocycles. The lowest BCUT2D eigenvalue weighted by Gasteiger charge is -2.37. The summed E-state index contributed by atoms with van der Waals surface area (Å²) in [6.45, 7) is 0.516. The third-order valence-electron chi connectivity index (χ3n) is 6.82. The first-order chi connectivity index (χ1) is 17.0. The highest BCUT2D eigenvalue weighted by Gasteiger charge is 2.31. The van der Waals surface area contributed by atoms with Crippen molar-refractivity contribution < 1.29 is 4.79 Å². The number of nitrogen functional groups attached to an aromatic ring is 1. The van der Waals surface area contributed by atoms with Crippen LogP contribution in [-0.2, 0) is 6.54 Å². The molecule has 2 heterocycles. The Kier molecular flexibility index (Phi) is 7.00. The van der Waals surface area contributed by atoms with Gasteiger partial charge in [0.15, 0.2) is 0 Å². The summed E-state index contributed by atoms with van der Waals surface area (Å²) in [5.41, 5.74) is 8.59. The molecular weight excluding hydrogens is 478 g/mol. The molecule has 0 radical (unpaired) electrons. The topological polar surface area (TPSA) is 84.1 Å². The standard InChI is InChI=1S/C27H28ClN5OS/c1-30-20-9-11-21(12-10-20)33(26(34)25-24(28)22-7-2-3-8-23(22)35-25)16-17-5-4-6-18(13-17)19-14-31-27(29)32-15-19/h2-8,13-15,20-21,30H,9-12,16H2,1H3,(H2,29,31,32). The largest absolute Gasteiger partial charge is 0.368 e. The predicted molar refractivity (Wildman–Crippen MR) is 144 cm³/mol. The summed E-state index contributed by atoms with van der Waals surface area (Å²) in [6.07, 6.45) is 7.47. The van der Waals surface area contributed by atoms with E-state index in [2.05, 4.69) is 27.4 Å². The summed E-state index contributed by atoms with van der Waals surface area (Å²) >= 11 is 8.21. The fraction of sp³-hybridized carbons (Fsp3) is 0.296. The van der Waals surface area contributed by atoms with Crippen molar-refractivity contribution in [3.8, 4) is 11.1 Å². The number of nitrogens with two attached hydrogens (primary N) is 1. The molecule has 0 saturated heterocycles. The highest BCUT2D eigenvalue weighted by Crippen LogP contribution is 2.37. The van der Waals surface area contributed by atoms with E-state index in [1.807, 2.05) is 48.3 Å². The SMILES string of the molecule is CNC1CCC(N(Cc2cccc(-c3cnc(N)nc3)c2)C(=O)c2sc3ccccc3c2Cl)CC1. The van der Waals surface area contributed by atoms with Crippen LogP contribution in [0.15, 0.2) is 60.9 Å². The number of nitrogens with zero attached hydrogens (tertiary/aromatic N) is 3. The van der Waals surface area contributed by atoms with Crippen molar-refractivity contribution in [2.75, 3.05) is 12.8 Å². The highest BCUT2D eigenvalue weighted by molar-refractivity contribution is 7.21. The van der Waals surface area contributed by atoms with Crippen molar-refractivity contribution >= 4 is 44.9 Å². The van der Waals surface area contributed by atoms with Crippen LogP contribution < -0.4 is 11.1 Å². The number of halogens is 1. The van der Waals surface area contributed by atoms with Gasteiger partial charge in [0.05, 0.1) is 5.02 Å². The molecular formula is C27H28ClN5OS. The van der Waals surface area contributed by atoms with Crippen LogP contribution in [0.3, 0.4) is 0 Å². The number of benzene rings is 2. The molecule has 0 atom stereocenters. The first kappa shape index (κ1) is 23.7. The zero-order valence-electron chi connectivity index (χ0n) is 19.6. The predicted octanol–water partition coefficient (Wildman–Crippen LogP) is 5.77. The molecule has 0 bridgehead atoms. The normalized spacial score (nSPS) is 18.0. The molecule has 1 amide bonds. The van der Waals surface area contributed by atoms with E-state index in [0.29, 0.717) is 22.5 Å². The highest BCUT2D eigenvalue weighted by atomic mass is 35.5. The average Bonchev–Trinajstić information content (AvgIpc) is 3.24. The number of hydrogen-bond acceptors (Lipinski definition) is 6. The Balaban J connectivity index is 1.47. The minimum absolute atomic E-state index is 0.00493. The van der Waals surface area contributed by atoms with Gasteiger partial charge in [0.2, 0.25) is 5.95 Å². The Morgan fingerprint density at radius 1 is 1.09 bits per heavy atom. The zero-order chi connectivity index (χ0) is 24.4. The second kappa shape index (κ2) is 10.3. The number of carbonyl (C=O) groups is 1. The van der Waals surface area contributed by atoms with E-state index in [4.69, 9.17) is 17.3 Å². The fourth-order valence-corrected chi connectivity index (χ4v) is 6.33. The maximum Gasteiger partial charge on any atom is 0.266 e. The Morgan fingerprint density at radius 2 is 1.83 bits per heavy atom. The van der Waals surface area contributed by atoms with Gasteiger partial charge in [0.1, 0.15) is 4.88 Å². The lowest BCUT2D eigenvalue weighted by Crippen LogP contribution is -2.44. The van der Waals surface area contributed by atoms with E-state index in [1.54, 1.807) is 12.4 Å². The summed E-state index contributed by atoms with van der Waals surface area (Å²) < 4.78 is 1.03. The monoisotopic (exact) mass is 505 g/mol. The number of rotatable bonds is 6. The van der Waals surface area contributed by atoms with Crippen LogP contribution in [-0.4, -0.2) is 39.9 Å². The number of amides is 1. The summed E-state index contributed by atoms with van der Waals surface area (Å²) in [5.74, 6) is 0.254. The van der Waals surface area contributed by atoms with Crippen molar-refractivity contribution in [1.29, 1.82) is 0 Å². The first-order valence-corrected chi connectivity index (χ1v) is 13.0. The molecule has 4 aromatic rings. The van der Waals surface area contributed by atoms with Gasteiger partial charge in [-0.3, -0.25) is 4.79 Å². The fourth-order valence-electron chi connectivity index (χ4n) is 4.86. The molecule has 3 N–H and O–H groups in total. The summed E-state index contributed by atoms with van der Waals surface area (Å²) in [6, 6.07) is 16.8. The number of anilines is 1. The Labute approximate surface area is 214 Å². The summed E-state index contributed by atoms with van der Waals surface area (Å²) in [4.78, 5) is 24.9. The number of aromatic nitrogens is 2. The molecule has 35 heavy (non-hydrogen) atoms. The van der Waals surface area contributed by atoms with Crippen LogP contribution in [0.4, 0.5) is 5.95 Å². The number of thiophene rings is 1. The van der Waals surface area contributed by atoms with Crippen LogP contribution in [0.2, 0.25) is 5.02 Å². The molecule has 8 heteroatoms. The van der Waals surface area contributed by atoms with Crippen LogP contribution in [0.1, 0.15) is 40.9 Å². The molecule has 5 rings (SSSR count). The molecule has 180 valence electrons. The number of nitrogens with one attached hydrogen (secondary N) is 1. The number of fused-ring (bicyclic) bond motifs is 1. The molecule has 2 aromatic heterocycles. The second-order valence-electron chi connectivity index (χ2n) is 9.00. The minimum Gasteiger partial charge on any atom is -0.368 e. The van der Waals surface area contributed by atoms with Gasteiger partial charge in [-0.25, -0.2) is 9.97 Å². The van der Waals surface area contributed by atoms with Crippen LogP contribution in [0, 0.1) is 0 Å². The molecule has 0 unspecified atom stereocenters. The molecule has 1 fully saturated rings. The molecule has 1 aliphatic carbocycles. The van der Waals surface area contributed by atoms with Gasteiger partial charge in [0, 0.05) is 46.7 Å². The van der Waals surface area contributed by atoms with Crippen molar-refractivity contribution in [2.45, 2.75) is 44.3 Å². The van der Waals surface area contributed by atoms with E-state index in [-0.39, 0.29) is 17.9 Å². The number of hydrogen-bond donors (Lipinski definition) is 2. The van der Waals surface area contributed by atoms with Gasteiger partial charge in [0.25, 0.3) is 5.91 Å². The Hall–Kier alpha value is -3.00. The van der Waals surface area contributed by atoms with Gasteiger partial charge in [-0.1, -0.05) is 48.0 Å². The minimum atomic E-state index is 0.00493. The average molecular weight is 506 g/mol. The quantitative estimate of drug-likeness (QED) is 0.347. The van der Waals surface area contributed by atoms with Crippen molar-refractivity contribution in [3.63, 3.8) is 0 Å². The number of carbonyl (C=O) groups excluding carboxylic acids is 1. The molecule has 0 spiro atoms. The van der Waals surface area contributed by atoms with E-state index in [0.717, 1.165) is 52.5 Å². The van der Waals surface area contributed by atoms with E-state index < -0.39 is 0 Å². The maximum absolute atomic E-state index is 14.0. The van der Waals surface area contributed by atoms with E-state index in [9.17, 15) is 4.79 Å². The molecule has 6 nitrogen and oxygen atoms in total. The van der Waals surface area contributed by atoms with Gasteiger partial charge in [-0.05, 0) is 56.0 Å². The van der Waals surface area contributed by atoms with Crippen molar-refractivity contribution in [1.82, 2.24) is 20.2 Å². The second-order valence-corrected chi connectivity index (χ2v) is 10.4. The Morgan fingerprint density at radius 3 is 2.54 bits per heavy atom. The maximum atomic E-state index is 14.0. The van der Waals surface area contributed by atoms with Gasteiger partial charge in [-0.2, -0.15) is 0 Å². The van der Waals surface area contributed by atoms with Crippen molar-refractivity contribution in [3.05, 3.63) is 76.4 Å². The lowest BCUT2D eigenvalue weighted by atomic mass is 9.89. The van der Waals surface area contributed by atoms with E-state index >= 15 is 0 Å². The van der Waals surface area contributed by atoms with Gasteiger partial charge < -0.3 is 16.0 Å². The van der Waals surface area contributed by atoms with E-state index in [1.165, 1.54) is 11.3 Å². The van der Waals surface area contributed by atoms with Crippen molar-refractivity contribution in [2.24, 2.45) is 0 Å². The van der Waals surface area contributed by atoms with Crippen LogP contribution in [0.5, 0.6) is 0 Å². The van der Waals surface area contributed by atoms with Crippen LogP contribution in [0.25, 0.3) is 21.2 Å². The summed E-state index contributed by atoms with van der Waals surface area (Å²) in [5, 5.41) is 4.88. The smallest absolute Gasteiger partial charge is 0.266 e. The van der Waals surface area contributed by atoms with Gasteiger partial charge >= 0.3 is 0 Å². The Bertz CT molecular complexity index is 1330. The lowest BCUT2D eigenvalue weighted by molar-refractivity contribution is 0.0606. The molecule has 2 aromatic carbocycles. The first-order valence-electron chi connectivity index (χ1n) is 11.9. The molecule has 1 saturated carbocycles. The van der Waals surface area contributed by atoms with Crippen LogP contribution >= 0.6 is 22.9 Å². The summed E-state index contributed by atoms with van der Waals surface area (Å²) in [7, 11) is 2.01.